The Morgan fingerprint density at radius 2 is 2.11 bits per heavy atom. The van der Waals surface area contributed by atoms with E-state index >= 15 is 0 Å². The van der Waals surface area contributed by atoms with Crippen molar-refractivity contribution >= 4 is 21.2 Å². The molecule has 1 atom stereocenters. The molecule has 0 radical (unpaired) electrons. The van der Waals surface area contributed by atoms with Crippen LogP contribution in [-0.2, 0) is 9.84 Å². The van der Waals surface area contributed by atoms with Gasteiger partial charge in [-0.25, -0.2) is 8.42 Å². The van der Waals surface area contributed by atoms with Gasteiger partial charge in [-0.15, -0.1) is 0 Å². The summed E-state index contributed by atoms with van der Waals surface area (Å²) in [4.78, 5) is 2.28. The fraction of sp³-hybridized carbons (Fsp3) is 0.538. The Labute approximate surface area is 108 Å². The molecule has 3 rings (SSSR count). The highest BCUT2D eigenvalue weighted by Crippen LogP contribution is 2.32. The van der Waals surface area contributed by atoms with E-state index in [1.807, 2.05) is 12.1 Å². The van der Waals surface area contributed by atoms with Crippen molar-refractivity contribution in [3.63, 3.8) is 0 Å². The molecule has 1 N–H and O–H groups in total. The van der Waals surface area contributed by atoms with E-state index in [1.54, 1.807) is 0 Å². The van der Waals surface area contributed by atoms with E-state index in [1.165, 1.54) is 0 Å². The predicted octanol–water partition coefficient (Wildman–Crippen LogP) is 1.50. The van der Waals surface area contributed by atoms with Gasteiger partial charge in [0, 0.05) is 19.1 Å². The standard InChI is InChI=1S/C13H18N2O2S/c16-18(17)9-6-11(10-18)15-8-3-7-14-12-4-1-2-5-13(12)15/h1-2,4-5,11,14H,3,6-10H2. The van der Waals surface area contributed by atoms with Gasteiger partial charge in [0.1, 0.15) is 0 Å². The molecule has 0 aliphatic carbocycles. The fourth-order valence-electron chi connectivity index (χ4n) is 2.87. The Morgan fingerprint density at radius 3 is 2.89 bits per heavy atom. The third kappa shape index (κ3) is 2.19. The lowest BCUT2D eigenvalue weighted by molar-refractivity contribution is 0.598. The first-order valence-corrected chi connectivity index (χ1v) is 8.28. The Kier molecular flexibility index (Phi) is 2.93. The largest absolute Gasteiger partial charge is 0.383 e. The van der Waals surface area contributed by atoms with Crippen LogP contribution < -0.4 is 10.2 Å². The number of benzene rings is 1. The van der Waals surface area contributed by atoms with Gasteiger partial charge in [0.05, 0.1) is 22.9 Å². The Morgan fingerprint density at radius 1 is 1.28 bits per heavy atom. The zero-order chi connectivity index (χ0) is 12.6. The summed E-state index contributed by atoms with van der Waals surface area (Å²) in [6.45, 7) is 1.89. The number of para-hydroxylation sites is 2. The lowest BCUT2D eigenvalue weighted by atomic mass is 10.1. The fourth-order valence-corrected chi connectivity index (χ4v) is 4.60. The van der Waals surface area contributed by atoms with Crippen LogP contribution in [0.1, 0.15) is 12.8 Å². The molecule has 5 heteroatoms. The molecule has 1 fully saturated rings. The van der Waals surface area contributed by atoms with Gasteiger partial charge in [-0.05, 0) is 25.0 Å². The number of nitrogens with one attached hydrogen (secondary N) is 1. The van der Waals surface area contributed by atoms with E-state index in [9.17, 15) is 8.42 Å². The Hall–Kier alpha value is -1.23. The van der Waals surface area contributed by atoms with Crippen molar-refractivity contribution < 1.29 is 8.42 Å². The van der Waals surface area contributed by atoms with Crippen LogP contribution in [0.4, 0.5) is 11.4 Å². The van der Waals surface area contributed by atoms with Gasteiger partial charge in [-0.3, -0.25) is 0 Å². The second-order valence-corrected chi connectivity index (χ2v) is 7.28. The molecule has 1 aromatic rings. The summed E-state index contributed by atoms with van der Waals surface area (Å²) in [5, 5.41) is 3.41. The van der Waals surface area contributed by atoms with Crippen molar-refractivity contribution in [1.29, 1.82) is 0 Å². The number of nitrogens with zero attached hydrogens (tertiary/aromatic N) is 1. The van der Waals surface area contributed by atoms with Crippen LogP contribution in [0.25, 0.3) is 0 Å². The topological polar surface area (TPSA) is 49.4 Å². The smallest absolute Gasteiger partial charge is 0.152 e. The lowest BCUT2D eigenvalue weighted by Crippen LogP contribution is -2.36. The maximum atomic E-state index is 11.6. The van der Waals surface area contributed by atoms with E-state index < -0.39 is 9.84 Å². The van der Waals surface area contributed by atoms with Crippen LogP contribution in [0, 0.1) is 0 Å². The molecule has 2 aliphatic heterocycles. The van der Waals surface area contributed by atoms with Gasteiger partial charge in [0.15, 0.2) is 9.84 Å². The molecule has 0 saturated carbocycles. The normalized spacial score (nSPS) is 26.2. The maximum absolute atomic E-state index is 11.6. The molecular formula is C13H18N2O2S. The Bertz CT molecular complexity index is 542. The minimum atomic E-state index is -2.82. The average molecular weight is 266 g/mol. The first kappa shape index (κ1) is 11.8. The third-order valence-electron chi connectivity index (χ3n) is 3.75. The van der Waals surface area contributed by atoms with Crippen molar-refractivity contribution in [2.75, 3.05) is 34.8 Å². The van der Waals surface area contributed by atoms with Crippen LogP contribution in [0.2, 0.25) is 0 Å². The molecule has 1 saturated heterocycles. The summed E-state index contributed by atoms with van der Waals surface area (Å²) in [6, 6.07) is 8.33. The van der Waals surface area contributed by atoms with Crippen LogP contribution in [0.15, 0.2) is 24.3 Å². The van der Waals surface area contributed by atoms with Crippen molar-refractivity contribution in [3.05, 3.63) is 24.3 Å². The number of sulfone groups is 1. The summed E-state index contributed by atoms with van der Waals surface area (Å²) < 4.78 is 23.3. The summed E-state index contributed by atoms with van der Waals surface area (Å²) >= 11 is 0. The van der Waals surface area contributed by atoms with Crippen molar-refractivity contribution in [2.24, 2.45) is 0 Å². The van der Waals surface area contributed by atoms with Crippen LogP contribution >= 0.6 is 0 Å². The zero-order valence-corrected chi connectivity index (χ0v) is 11.1. The number of hydrogen-bond acceptors (Lipinski definition) is 4. The van der Waals surface area contributed by atoms with Gasteiger partial charge in [0.25, 0.3) is 0 Å². The first-order chi connectivity index (χ1) is 8.66. The van der Waals surface area contributed by atoms with Gasteiger partial charge in [-0.2, -0.15) is 0 Å². The second-order valence-electron chi connectivity index (χ2n) is 5.05. The summed E-state index contributed by atoms with van der Waals surface area (Å²) in [7, 11) is -2.82. The van der Waals surface area contributed by atoms with Crippen LogP contribution in [0.5, 0.6) is 0 Å². The average Bonchev–Trinajstić information content (AvgIpc) is 2.60. The molecule has 0 spiro atoms. The van der Waals surface area contributed by atoms with E-state index in [2.05, 4.69) is 22.3 Å². The number of rotatable bonds is 1. The van der Waals surface area contributed by atoms with E-state index in [4.69, 9.17) is 0 Å². The number of fused-ring (bicyclic) bond motifs is 1. The van der Waals surface area contributed by atoms with Gasteiger partial charge < -0.3 is 10.2 Å². The summed E-state index contributed by atoms with van der Waals surface area (Å²) in [5.41, 5.74) is 2.27. The molecule has 1 aromatic carbocycles. The van der Waals surface area contributed by atoms with Crippen molar-refractivity contribution in [1.82, 2.24) is 0 Å². The zero-order valence-electron chi connectivity index (χ0n) is 10.3. The van der Waals surface area contributed by atoms with Crippen molar-refractivity contribution in [2.45, 2.75) is 18.9 Å². The minimum absolute atomic E-state index is 0.149. The number of hydrogen-bond donors (Lipinski definition) is 1. The van der Waals surface area contributed by atoms with Crippen LogP contribution in [-0.4, -0.2) is 39.1 Å². The number of anilines is 2. The summed E-state index contributed by atoms with van der Waals surface area (Å²) in [5.74, 6) is 0.644. The molecule has 18 heavy (non-hydrogen) atoms. The summed E-state index contributed by atoms with van der Waals surface area (Å²) in [6.07, 6.45) is 1.81. The van der Waals surface area contributed by atoms with Gasteiger partial charge in [0.2, 0.25) is 0 Å². The van der Waals surface area contributed by atoms with Gasteiger partial charge in [-0.1, -0.05) is 12.1 Å². The lowest BCUT2D eigenvalue weighted by Gasteiger charge is -2.30. The molecule has 0 amide bonds. The predicted molar refractivity (Wildman–Crippen MR) is 74.0 cm³/mol. The molecule has 98 valence electrons. The van der Waals surface area contributed by atoms with E-state index in [0.717, 1.165) is 37.3 Å². The highest BCUT2D eigenvalue weighted by Gasteiger charge is 2.33. The molecule has 0 bridgehead atoms. The Balaban J connectivity index is 1.93. The molecule has 4 nitrogen and oxygen atoms in total. The first-order valence-electron chi connectivity index (χ1n) is 6.46. The van der Waals surface area contributed by atoms with Crippen molar-refractivity contribution in [3.8, 4) is 0 Å². The molecule has 1 unspecified atom stereocenters. The molecule has 2 heterocycles. The van der Waals surface area contributed by atoms with E-state index in [0.29, 0.717) is 11.5 Å². The second kappa shape index (κ2) is 4.46. The SMILES string of the molecule is O=S1(=O)CCC(N2CCCNc3ccccc32)C1. The molecule has 2 aliphatic rings. The molecular weight excluding hydrogens is 248 g/mol. The highest BCUT2D eigenvalue weighted by molar-refractivity contribution is 7.91. The quantitative estimate of drug-likeness (QED) is 0.837. The third-order valence-corrected chi connectivity index (χ3v) is 5.50. The monoisotopic (exact) mass is 266 g/mol. The van der Waals surface area contributed by atoms with Crippen LogP contribution in [0.3, 0.4) is 0 Å². The maximum Gasteiger partial charge on any atom is 0.152 e. The van der Waals surface area contributed by atoms with Gasteiger partial charge >= 0.3 is 0 Å². The highest BCUT2D eigenvalue weighted by atomic mass is 32.2. The minimum Gasteiger partial charge on any atom is -0.383 e. The molecule has 0 aromatic heterocycles. The van der Waals surface area contributed by atoms with E-state index in [-0.39, 0.29) is 6.04 Å².